The van der Waals surface area contributed by atoms with Gasteiger partial charge in [-0.3, -0.25) is 13.6 Å². The van der Waals surface area contributed by atoms with Gasteiger partial charge < -0.3 is 9.84 Å². The molecule has 1 heterocycles. The topological polar surface area (TPSA) is 74.2 Å². The number of phosphoric acid groups is 1. The highest BCUT2D eigenvalue weighted by Gasteiger charge is 2.36. The fourth-order valence-electron chi connectivity index (χ4n) is 2.53. The molecule has 0 bridgehead atoms. The summed E-state index contributed by atoms with van der Waals surface area (Å²) in [6, 6.07) is 7.24. The zero-order valence-electron chi connectivity index (χ0n) is 13.9. The summed E-state index contributed by atoms with van der Waals surface area (Å²) in [5.41, 5.74) is -0.0952. The molecular weight excluding hydrogens is 355 g/mol. The second kappa shape index (κ2) is 8.77. The second-order valence-electron chi connectivity index (χ2n) is 6.08. The number of hydrogen-bond acceptors (Lipinski definition) is 6. The lowest BCUT2D eigenvalue weighted by atomic mass is 10.0. The number of aliphatic hydroxyl groups is 1. The van der Waals surface area contributed by atoms with Crippen molar-refractivity contribution < 1.29 is 28.0 Å². The minimum absolute atomic E-state index is 0.166. The SMILES string of the molecule is COC[C@](C)(O)CCCOP1(=O)OCCC(c2cccc(Cl)c2)O1. The third-order valence-corrected chi connectivity index (χ3v) is 5.42. The Morgan fingerprint density at radius 2 is 2.29 bits per heavy atom. The molecule has 0 spiro atoms. The largest absolute Gasteiger partial charge is 0.475 e. The third-order valence-electron chi connectivity index (χ3n) is 3.67. The Morgan fingerprint density at radius 3 is 3.00 bits per heavy atom. The number of ether oxygens (including phenoxy) is 1. The van der Waals surface area contributed by atoms with Gasteiger partial charge in [0.05, 0.1) is 31.5 Å². The molecule has 1 saturated heterocycles. The van der Waals surface area contributed by atoms with Crippen LogP contribution in [0.1, 0.15) is 37.9 Å². The van der Waals surface area contributed by atoms with Crippen LogP contribution < -0.4 is 0 Å². The molecule has 3 atom stereocenters. The molecule has 136 valence electrons. The van der Waals surface area contributed by atoms with Gasteiger partial charge in [0, 0.05) is 18.6 Å². The monoisotopic (exact) mass is 378 g/mol. The van der Waals surface area contributed by atoms with Crippen LogP contribution >= 0.6 is 19.4 Å². The number of halogens is 1. The second-order valence-corrected chi connectivity index (χ2v) is 8.14. The van der Waals surface area contributed by atoms with Gasteiger partial charge in [0.1, 0.15) is 0 Å². The van der Waals surface area contributed by atoms with Crippen LogP contribution in [0.4, 0.5) is 0 Å². The maximum atomic E-state index is 12.6. The van der Waals surface area contributed by atoms with E-state index in [1.54, 1.807) is 19.1 Å². The molecule has 0 aliphatic carbocycles. The standard InChI is InChI=1S/C16H24ClO6P/c1-16(18,12-20-2)8-4-9-21-24(19)22-10-7-15(23-24)13-5-3-6-14(17)11-13/h3,5-6,11,15,18H,4,7-10,12H2,1-2H3/t15?,16-,24?/m1/s1. The fourth-order valence-corrected chi connectivity index (χ4v) is 4.14. The predicted octanol–water partition coefficient (Wildman–Crippen LogP) is 4.12. The van der Waals surface area contributed by atoms with Gasteiger partial charge in [-0.05, 0) is 37.5 Å². The third kappa shape index (κ3) is 6.12. The van der Waals surface area contributed by atoms with Crippen LogP contribution in [-0.4, -0.2) is 37.6 Å². The average Bonchev–Trinajstić information content (AvgIpc) is 2.52. The highest BCUT2D eigenvalue weighted by molar-refractivity contribution is 7.48. The Labute approximate surface area is 147 Å². The molecule has 8 heteroatoms. The van der Waals surface area contributed by atoms with Crippen molar-refractivity contribution in [2.75, 3.05) is 26.9 Å². The van der Waals surface area contributed by atoms with Crippen molar-refractivity contribution >= 4 is 19.4 Å². The van der Waals surface area contributed by atoms with Crippen molar-refractivity contribution in [1.29, 1.82) is 0 Å². The summed E-state index contributed by atoms with van der Waals surface area (Å²) in [5.74, 6) is 0. The van der Waals surface area contributed by atoms with Gasteiger partial charge in [-0.15, -0.1) is 0 Å². The molecule has 2 rings (SSSR count). The summed E-state index contributed by atoms with van der Waals surface area (Å²) in [7, 11) is -2.07. The zero-order valence-corrected chi connectivity index (χ0v) is 15.6. The van der Waals surface area contributed by atoms with E-state index in [1.807, 2.05) is 12.1 Å². The van der Waals surface area contributed by atoms with Crippen molar-refractivity contribution in [3.8, 4) is 0 Å². The van der Waals surface area contributed by atoms with E-state index < -0.39 is 13.4 Å². The van der Waals surface area contributed by atoms with Crippen LogP contribution in [0.25, 0.3) is 0 Å². The van der Waals surface area contributed by atoms with Crippen LogP contribution in [0.2, 0.25) is 5.02 Å². The average molecular weight is 379 g/mol. The first-order valence-corrected chi connectivity index (χ1v) is 9.72. The lowest BCUT2D eigenvalue weighted by Gasteiger charge is -2.29. The van der Waals surface area contributed by atoms with Crippen LogP contribution in [0.5, 0.6) is 0 Å². The summed E-state index contributed by atoms with van der Waals surface area (Å²) >= 11 is 5.98. The highest BCUT2D eigenvalue weighted by atomic mass is 35.5. The van der Waals surface area contributed by atoms with Crippen molar-refractivity contribution in [2.45, 2.75) is 37.9 Å². The van der Waals surface area contributed by atoms with E-state index in [0.717, 1.165) is 5.56 Å². The summed E-state index contributed by atoms with van der Waals surface area (Å²) in [6.45, 7) is 2.37. The van der Waals surface area contributed by atoms with E-state index in [-0.39, 0.29) is 25.9 Å². The molecule has 1 aliphatic heterocycles. The molecule has 6 nitrogen and oxygen atoms in total. The number of phosphoric ester groups is 1. The summed E-state index contributed by atoms with van der Waals surface area (Å²) in [4.78, 5) is 0. The van der Waals surface area contributed by atoms with Gasteiger partial charge in [-0.25, -0.2) is 4.57 Å². The number of methoxy groups -OCH3 is 1. The molecule has 1 aromatic rings. The molecular formula is C16H24ClO6P. The minimum Gasteiger partial charge on any atom is -0.388 e. The zero-order chi connectivity index (χ0) is 17.6. The Bertz CT molecular complexity index is 579. The first kappa shape index (κ1) is 19.9. The Balaban J connectivity index is 1.85. The van der Waals surface area contributed by atoms with Crippen LogP contribution in [0.15, 0.2) is 24.3 Å². The van der Waals surface area contributed by atoms with Crippen LogP contribution in [-0.2, 0) is 22.9 Å². The van der Waals surface area contributed by atoms with Gasteiger partial charge in [0.15, 0.2) is 0 Å². The number of benzene rings is 1. The normalized spacial score (nSPS) is 26.9. The van der Waals surface area contributed by atoms with Gasteiger partial charge in [-0.2, -0.15) is 0 Å². The molecule has 1 fully saturated rings. The molecule has 1 aromatic carbocycles. The Hall–Kier alpha value is -0.460. The highest BCUT2D eigenvalue weighted by Crippen LogP contribution is 2.57. The van der Waals surface area contributed by atoms with E-state index >= 15 is 0 Å². The van der Waals surface area contributed by atoms with Crippen molar-refractivity contribution in [3.63, 3.8) is 0 Å². The van der Waals surface area contributed by atoms with E-state index in [1.165, 1.54) is 7.11 Å². The van der Waals surface area contributed by atoms with Crippen LogP contribution in [0, 0.1) is 0 Å². The summed E-state index contributed by atoms with van der Waals surface area (Å²) in [5, 5.41) is 10.6. The molecule has 24 heavy (non-hydrogen) atoms. The van der Waals surface area contributed by atoms with E-state index in [2.05, 4.69) is 0 Å². The van der Waals surface area contributed by atoms with E-state index in [0.29, 0.717) is 24.3 Å². The Kier molecular flexibility index (Phi) is 7.25. The Morgan fingerprint density at radius 1 is 1.50 bits per heavy atom. The molecule has 1 N–H and O–H groups in total. The van der Waals surface area contributed by atoms with Gasteiger partial charge in [0.2, 0.25) is 0 Å². The number of hydrogen-bond donors (Lipinski definition) is 1. The lowest BCUT2D eigenvalue weighted by Crippen LogP contribution is -2.30. The van der Waals surface area contributed by atoms with Gasteiger partial charge in [-0.1, -0.05) is 23.7 Å². The molecule has 0 radical (unpaired) electrons. The first-order valence-electron chi connectivity index (χ1n) is 7.88. The lowest BCUT2D eigenvalue weighted by molar-refractivity contribution is -0.0281. The maximum absolute atomic E-state index is 12.6. The van der Waals surface area contributed by atoms with Gasteiger partial charge in [0.25, 0.3) is 0 Å². The summed E-state index contributed by atoms with van der Waals surface area (Å²) in [6.07, 6.45) is 1.17. The molecule has 0 aromatic heterocycles. The first-order chi connectivity index (χ1) is 11.3. The molecule has 0 saturated carbocycles. The van der Waals surface area contributed by atoms with Crippen LogP contribution in [0.3, 0.4) is 0 Å². The van der Waals surface area contributed by atoms with Crippen molar-refractivity contribution in [1.82, 2.24) is 0 Å². The smallest absolute Gasteiger partial charge is 0.388 e. The van der Waals surface area contributed by atoms with E-state index in [4.69, 9.17) is 29.9 Å². The molecule has 2 unspecified atom stereocenters. The molecule has 0 amide bonds. The predicted molar refractivity (Wildman–Crippen MR) is 91.1 cm³/mol. The van der Waals surface area contributed by atoms with Crippen molar-refractivity contribution in [2.24, 2.45) is 0 Å². The minimum atomic E-state index is -3.60. The number of rotatable bonds is 8. The van der Waals surface area contributed by atoms with Crippen molar-refractivity contribution in [3.05, 3.63) is 34.9 Å². The van der Waals surface area contributed by atoms with Gasteiger partial charge >= 0.3 is 7.82 Å². The maximum Gasteiger partial charge on any atom is 0.475 e. The molecule has 1 aliphatic rings. The van der Waals surface area contributed by atoms with E-state index in [9.17, 15) is 9.67 Å². The fraction of sp³-hybridized carbons (Fsp3) is 0.625. The quantitative estimate of drug-likeness (QED) is 0.541. The summed E-state index contributed by atoms with van der Waals surface area (Å²) < 4.78 is 33.6.